The fraction of sp³-hybridized carbons (Fsp3) is 0.889. The lowest BCUT2D eigenvalue weighted by Gasteiger charge is -2.20. The van der Waals surface area contributed by atoms with Crippen LogP contribution in [-0.2, 0) is 4.74 Å². The molecule has 1 unspecified atom stereocenters. The van der Waals surface area contributed by atoms with Gasteiger partial charge in [-0.05, 0) is 27.0 Å². The normalized spacial score (nSPS) is 13.4. The van der Waals surface area contributed by atoms with Gasteiger partial charge in [-0.3, -0.25) is 5.43 Å². The molecule has 15 heavy (non-hydrogen) atoms. The fourth-order valence-corrected chi connectivity index (χ4v) is 1.30. The standard InChI is InChI=1S/C9H20N2O3S/c1-9(2,3)14-8(13)11-10-5-7(12)6-15-4/h7,10,12H,5-6H2,1-4H3,(H,11,13). The van der Waals surface area contributed by atoms with Gasteiger partial charge in [0.25, 0.3) is 0 Å². The molecule has 6 heteroatoms. The molecule has 0 fully saturated rings. The third-order valence-electron chi connectivity index (χ3n) is 1.29. The molecule has 0 saturated heterocycles. The van der Waals surface area contributed by atoms with Crippen molar-refractivity contribution in [2.75, 3.05) is 18.6 Å². The van der Waals surface area contributed by atoms with Crippen LogP contribution in [0.25, 0.3) is 0 Å². The largest absolute Gasteiger partial charge is 0.443 e. The number of nitrogens with one attached hydrogen (secondary N) is 2. The first-order chi connectivity index (χ1) is 6.85. The highest BCUT2D eigenvalue weighted by Gasteiger charge is 2.15. The zero-order valence-electron chi connectivity index (χ0n) is 9.66. The number of amides is 1. The van der Waals surface area contributed by atoms with Crippen molar-refractivity contribution < 1.29 is 14.6 Å². The van der Waals surface area contributed by atoms with Gasteiger partial charge in [0, 0.05) is 12.3 Å². The van der Waals surface area contributed by atoms with Crippen LogP contribution in [0.2, 0.25) is 0 Å². The van der Waals surface area contributed by atoms with Crippen LogP contribution in [0.4, 0.5) is 4.79 Å². The van der Waals surface area contributed by atoms with Crippen LogP contribution in [0.15, 0.2) is 0 Å². The topological polar surface area (TPSA) is 70.6 Å². The molecule has 0 aromatic carbocycles. The Hall–Kier alpha value is -0.460. The van der Waals surface area contributed by atoms with Crippen molar-refractivity contribution in [2.24, 2.45) is 0 Å². The van der Waals surface area contributed by atoms with Crippen molar-refractivity contribution in [2.45, 2.75) is 32.5 Å². The van der Waals surface area contributed by atoms with Crippen LogP contribution in [0, 0.1) is 0 Å². The first kappa shape index (κ1) is 14.5. The number of thioether (sulfide) groups is 1. The molecule has 0 aromatic heterocycles. The lowest BCUT2D eigenvalue weighted by atomic mass is 10.2. The molecule has 0 radical (unpaired) electrons. The minimum absolute atomic E-state index is 0.306. The van der Waals surface area contributed by atoms with Crippen molar-refractivity contribution in [1.82, 2.24) is 10.9 Å². The molecule has 0 heterocycles. The van der Waals surface area contributed by atoms with Gasteiger partial charge in [0.1, 0.15) is 5.60 Å². The van der Waals surface area contributed by atoms with Gasteiger partial charge in [0.2, 0.25) is 0 Å². The lowest BCUT2D eigenvalue weighted by molar-refractivity contribution is 0.0488. The number of hydrogen-bond acceptors (Lipinski definition) is 5. The van der Waals surface area contributed by atoms with Crippen LogP contribution in [-0.4, -0.2) is 41.5 Å². The monoisotopic (exact) mass is 236 g/mol. The molecule has 0 spiro atoms. The first-order valence-electron chi connectivity index (χ1n) is 4.74. The van der Waals surface area contributed by atoms with Gasteiger partial charge >= 0.3 is 6.09 Å². The summed E-state index contributed by atoms with van der Waals surface area (Å²) in [7, 11) is 0. The van der Waals surface area contributed by atoms with E-state index in [1.54, 1.807) is 32.5 Å². The number of aliphatic hydroxyl groups excluding tert-OH is 1. The minimum Gasteiger partial charge on any atom is -0.443 e. The minimum atomic E-state index is -0.543. The van der Waals surface area contributed by atoms with Crippen molar-refractivity contribution >= 4 is 17.9 Å². The fourth-order valence-electron chi connectivity index (χ4n) is 0.796. The Labute approximate surface area is 94.9 Å². The summed E-state index contributed by atoms with van der Waals surface area (Å²) in [4.78, 5) is 11.1. The van der Waals surface area contributed by atoms with E-state index >= 15 is 0 Å². The van der Waals surface area contributed by atoms with Crippen LogP contribution >= 0.6 is 11.8 Å². The molecule has 0 bridgehead atoms. The van der Waals surface area contributed by atoms with Crippen molar-refractivity contribution in [3.8, 4) is 0 Å². The third-order valence-corrected chi connectivity index (χ3v) is 2.00. The van der Waals surface area contributed by atoms with E-state index in [2.05, 4.69) is 10.9 Å². The first-order valence-corrected chi connectivity index (χ1v) is 6.13. The van der Waals surface area contributed by atoms with Gasteiger partial charge in [-0.25, -0.2) is 10.2 Å². The molecule has 0 rings (SSSR count). The summed E-state index contributed by atoms with van der Waals surface area (Å²) in [5.41, 5.74) is 4.44. The maximum Gasteiger partial charge on any atom is 0.422 e. The van der Waals surface area contributed by atoms with E-state index in [1.807, 2.05) is 6.26 Å². The Bertz CT molecular complexity index is 194. The Balaban J connectivity index is 3.55. The van der Waals surface area contributed by atoms with E-state index in [1.165, 1.54) is 0 Å². The predicted octanol–water partition coefficient (Wildman–Crippen LogP) is 0.740. The van der Waals surface area contributed by atoms with Crippen LogP contribution in [0.3, 0.4) is 0 Å². The predicted molar refractivity (Wildman–Crippen MR) is 61.8 cm³/mol. The average Bonchev–Trinajstić information content (AvgIpc) is 2.00. The molecule has 5 nitrogen and oxygen atoms in total. The van der Waals surface area contributed by atoms with Crippen molar-refractivity contribution in [3.05, 3.63) is 0 Å². The lowest BCUT2D eigenvalue weighted by Crippen LogP contribution is -2.44. The van der Waals surface area contributed by atoms with E-state index in [0.717, 1.165) is 0 Å². The second-order valence-corrected chi connectivity index (χ2v) is 5.03. The zero-order valence-corrected chi connectivity index (χ0v) is 10.5. The second kappa shape index (κ2) is 6.92. The number of carbonyl (C=O) groups is 1. The summed E-state index contributed by atoms with van der Waals surface area (Å²) >= 11 is 1.54. The molecular formula is C9H20N2O3S. The second-order valence-electron chi connectivity index (χ2n) is 4.12. The molecule has 0 saturated carbocycles. The van der Waals surface area contributed by atoms with Crippen LogP contribution in [0.5, 0.6) is 0 Å². The van der Waals surface area contributed by atoms with E-state index in [0.29, 0.717) is 12.3 Å². The maximum atomic E-state index is 11.1. The summed E-state index contributed by atoms with van der Waals surface area (Å²) in [5.74, 6) is 0.628. The third kappa shape index (κ3) is 9.84. The van der Waals surface area contributed by atoms with E-state index in [-0.39, 0.29) is 0 Å². The van der Waals surface area contributed by atoms with Gasteiger partial charge in [0.05, 0.1) is 6.10 Å². The Morgan fingerprint density at radius 2 is 2.13 bits per heavy atom. The highest BCUT2D eigenvalue weighted by molar-refractivity contribution is 7.98. The summed E-state index contributed by atoms with van der Waals surface area (Å²) in [6.45, 7) is 5.67. The van der Waals surface area contributed by atoms with E-state index in [9.17, 15) is 9.90 Å². The number of rotatable bonds is 5. The smallest absolute Gasteiger partial charge is 0.422 e. The van der Waals surface area contributed by atoms with Crippen molar-refractivity contribution in [3.63, 3.8) is 0 Å². The molecule has 1 amide bonds. The number of aliphatic hydroxyl groups is 1. The van der Waals surface area contributed by atoms with Crippen molar-refractivity contribution in [1.29, 1.82) is 0 Å². The summed E-state index contributed by atoms with van der Waals surface area (Å²) in [5, 5.41) is 9.32. The molecule has 1 atom stereocenters. The van der Waals surface area contributed by atoms with Gasteiger partial charge in [-0.1, -0.05) is 0 Å². The highest BCUT2D eigenvalue weighted by Crippen LogP contribution is 2.05. The van der Waals surface area contributed by atoms with Gasteiger partial charge in [0.15, 0.2) is 0 Å². The van der Waals surface area contributed by atoms with Crippen LogP contribution in [0.1, 0.15) is 20.8 Å². The Kier molecular flexibility index (Phi) is 6.71. The maximum absolute atomic E-state index is 11.1. The molecule has 0 aromatic rings. The van der Waals surface area contributed by atoms with Gasteiger partial charge in [-0.15, -0.1) is 0 Å². The molecular weight excluding hydrogens is 216 g/mol. The number of hydrogen-bond donors (Lipinski definition) is 3. The Morgan fingerprint density at radius 3 is 2.60 bits per heavy atom. The molecule has 3 N–H and O–H groups in total. The molecule has 90 valence electrons. The SMILES string of the molecule is CSCC(O)CNNC(=O)OC(C)(C)C. The summed E-state index contributed by atoms with van der Waals surface area (Å²) in [6, 6.07) is 0. The van der Waals surface area contributed by atoms with Gasteiger partial charge in [-0.2, -0.15) is 11.8 Å². The summed E-state index contributed by atoms with van der Waals surface area (Å²) < 4.78 is 4.98. The summed E-state index contributed by atoms with van der Waals surface area (Å²) in [6.07, 6.45) is 0.888. The molecule has 0 aliphatic heterocycles. The number of carbonyl (C=O) groups excluding carboxylic acids is 1. The quantitative estimate of drug-likeness (QED) is 0.614. The molecule has 0 aliphatic rings. The number of ether oxygens (including phenoxy) is 1. The van der Waals surface area contributed by atoms with E-state index < -0.39 is 17.8 Å². The Morgan fingerprint density at radius 1 is 1.53 bits per heavy atom. The highest BCUT2D eigenvalue weighted by atomic mass is 32.2. The van der Waals surface area contributed by atoms with Gasteiger partial charge < -0.3 is 9.84 Å². The average molecular weight is 236 g/mol. The number of hydrazine groups is 1. The molecule has 0 aliphatic carbocycles. The van der Waals surface area contributed by atoms with Crippen LogP contribution < -0.4 is 10.9 Å². The van der Waals surface area contributed by atoms with E-state index in [4.69, 9.17) is 4.74 Å². The zero-order chi connectivity index (χ0) is 11.9.